The maximum absolute atomic E-state index is 12.0. The number of thiazole rings is 1. The van der Waals surface area contributed by atoms with Crippen molar-refractivity contribution in [2.24, 2.45) is 17.6 Å². The third kappa shape index (κ3) is 5.26. The number of halogens is 2. The Morgan fingerprint density at radius 3 is 2.89 bits per heavy atom. The number of amides is 1. The van der Waals surface area contributed by atoms with Crippen molar-refractivity contribution in [2.75, 3.05) is 13.1 Å². The number of rotatable bonds is 5. The maximum Gasteiger partial charge on any atom is 0.223 e. The summed E-state index contributed by atoms with van der Waals surface area (Å²) in [6.07, 6.45) is 5.84. The standard InChI is InChI=1S/C12H19N3OS.2ClH/c13-8-9-2-1-3-10(9)12(16)15-5-4-11-14-6-7-17-11;;/h6-7,9-10H,1-5,8,13H2,(H,15,16);2*1H/t9-,10-;;/m1../s1. The molecule has 0 spiro atoms. The Morgan fingerprint density at radius 1 is 1.47 bits per heavy atom. The van der Waals surface area contributed by atoms with Crippen molar-refractivity contribution >= 4 is 42.1 Å². The van der Waals surface area contributed by atoms with Crippen LogP contribution in [0, 0.1) is 11.8 Å². The molecule has 0 unspecified atom stereocenters. The third-order valence-electron chi connectivity index (χ3n) is 3.42. The number of nitrogens with one attached hydrogen (secondary N) is 1. The van der Waals surface area contributed by atoms with Crippen molar-refractivity contribution in [1.29, 1.82) is 0 Å². The van der Waals surface area contributed by atoms with Gasteiger partial charge in [0.25, 0.3) is 0 Å². The van der Waals surface area contributed by atoms with Gasteiger partial charge in [0.05, 0.1) is 5.01 Å². The molecule has 19 heavy (non-hydrogen) atoms. The van der Waals surface area contributed by atoms with Crippen LogP contribution >= 0.6 is 36.2 Å². The van der Waals surface area contributed by atoms with Gasteiger partial charge in [-0.25, -0.2) is 4.98 Å². The van der Waals surface area contributed by atoms with Crippen molar-refractivity contribution in [3.8, 4) is 0 Å². The van der Waals surface area contributed by atoms with Gasteiger partial charge in [0.15, 0.2) is 0 Å². The van der Waals surface area contributed by atoms with E-state index < -0.39 is 0 Å². The number of carbonyl (C=O) groups is 1. The fourth-order valence-corrected chi connectivity index (χ4v) is 3.08. The quantitative estimate of drug-likeness (QED) is 0.870. The van der Waals surface area contributed by atoms with Crippen LogP contribution in [-0.2, 0) is 11.2 Å². The molecule has 0 aliphatic heterocycles. The molecule has 110 valence electrons. The Hall–Kier alpha value is -0.360. The minimum Gasteiger partial charge on any atom is -0.355 e. The van der Waals surface area contributed by atoms with E-state index in [4.69, 9.17) is 5.73 Å². The number of nitrogens with two attached hydrogens (primary N) is 1. The lowest BCUT2D eigenvalue weighted by Gasteiger charge is -2.17. The Kier molecular flexibility index (Phi) is 9.35. The van der Waals surface area contributed by atoms with E-state index >= 15 is 0 Å². The zero-order chi connectivity index (χ0) is 12.1. The zero-order valence-corrected chi connectivity index (χ0v) is 13.2. The second kappa shape index (κ2) is 9.53. The lowest BCUT2D eigenvalue weighted by atomic mass is 9.95. The number of nitrogens with zero attached hydrogens (tertiary/aromatic N) is 1. The highest BCUT2D eigenvalue weighted by atomic mass is 35.5. The van der Waals surface area contributed by atoms with Crippen LogP contribution in [0.25, 0.3) is 0 Å². The fourth-order valence-electron chi connectivity index (χ4n) is 2.46. The summed E-state index contributed by atoms with van der Waals surface area (Å²) < 4.78 is 0. The van der Waals surface area contributed by atoms with E-state index in [0.717, 1.165) is 30.7 Å². The Balaban J connectivity index is 0.00000162. The molecule has 0 radical (unpaired) electrons. The van der Waals surface area contributed by atoms with Gasteiger partial charge in [0.2, 0.25) is 5.91 Å². The largest absolute Gasteiger partial charge is 0.355 e. The summed E-state index contributed by atoms with van der Waals surface area (Å²) in [5.74, 6) is 0.695. The molecule has 0 bridgehead atoms. The first-order valence-corrected chi connectivity index (χ1v) is 7.05. The summed E-state index contributed by atoms with van der Waals surface area (Å²) in [5, 5.41) is 6.03. The Morgan fingerprint density at radius 2 is 2.26 bits per heavy atom. The summed E-state index contributed by atoms with van der Waals surface area (Å²) in [5.41, 5.74) is 5.68. The van der Waals surface area contributed by atoms with Gasteiger partial charge >= 0.3 is 0 Å². The summed E-state index contributed by atoms with van der Waals surface area (Å²) in [4.78, 5) is 16.1. The van der Waals surface area contributed by atoms with Crippen LogP contribution in [0.1, 0.15) is 24.3 Å². The van der Waals surface area contributed by atoms with Crippen LogP contribution in [0.2, 0.25) is 0 Å². The summed E-state index contributed by atoms with van der Waals surface area (Å²) >= 11 is 1.63. The van der Waals surface area contributed by atoms with Crippen molar-refractivity contribution in [1.82, 2.24) is 10.3 Å². The van der Waals surface area contributed by atoms with Crippen molar-refractivity contribution in [3.05, 3.63) is 16.6 Å². The average molecular weight is 326 g/mol. The molecule has 1 saturated carbocycles. The molecule has 1 aromatic rings. The van der Waals surface area contributed by atoms with Crippen LogP contribution in [0.4, 0.5) is 0 Å². The van der Waals surface area contributed by atoms with Crippen LogP contribution in [0.3, 0.4) is 0 Å². The number of carbonyl (C=O) groups excluding carboxylic acids is 1. The van der Waals surface area contributed by atoms with E-state index in [1.54, 1.807) is 17.5 Å². The lowest BCUT2D eigenvalue weighted by Crippen LogP contribution is -2.36. The van der Waals surface area contributed by atoms with E-state index in [0.29, 0.717) is 19.0 Å². The van der Waals surface area contributed by atoms with Crippen molar-refractivity contribution in [2.45, 2.75) is 25.7 Å². The Labute approximate surface area is 130 Å². The normalized spacial score (nSPS) is 21.3. The van der Waals surface area contributed by atoms with Crippen LogP contribution in [0.5, 0.6) is 0 Å². The smallest absolute Gasteiger partial charge is 0.223 e. The minimum absolute atomic E-state index is 0. The SMILES string of the molecule is Cl.Cl.NC[C@H]1CCC[C@H]1C(=O)NCCc1nccs1. The summed E-state index contributed by atoms with van der Waals surface area (Å²) in [6.45, 7) is 1.31. The number of aromatic nitrogens is 1. The molecule has 1 fully saturated rings. The molecule has 2 rings (SSSR count). The molecule has 0 saturated heterocycles. The minimum atomic E-state index is 0. The Bertz CT molecular complexity index is 362. The monoisotopic (exact) mass is 325 g/mol. The van der Waals surface area contributed by atoms with E-state index in [-0.39, 0.29) is 36.6 Å². The van der Waals surface area contributed by atoms with Crippen LogP contribution in [-0.4, -0.2) is 24.0 Å². The molecule has 3 N–H and O–H groups in total. The molecule has 2 atom stereocenters. The van der Waals surface area contributed by atoms with Gasteiger partial charge in [-0.1, -0.05) is 6.42 Å². The molecule has 1 aliphatic carbocycles. The number of hydrogen-bond donors (Lipinski definition) is 2. The maximum atomic E-state index is 12.0. The lowest BCUT2D eigenvalue weighted by molar-refractivity contribution is -0.125. The third-order valence-corrected chi connectivity index (χ3v) is 4.26. The molecule has 1 aliphatic rings. The molecule has 4 nitrogen and oxygen atoms in total. The molecular weight excluding hydrogens is 305 g/mol. The van der Waals surface area contributed by atoms with E-state index in [2.05, 4.69) is 10.3 Å². The second-order valence-corrected chi connectivity index (χ2v) is 5.48. The molecule has 1 aromatic heterocycles. The first-order valence-electron chi connectivity index (χ1n) is 6.17. The summed E-state index contributed by atoms with van der Waals surface area (Å²) in [7, 11) is 0. The van der Waals surface area contributed by atoms with Gasteiger partial charge in [0.1, 0.15) is 0 Å². The average Bonchev–Trinajstić information content (AvgIpc) is 2.99. The highest BCUT2D eigenvalue weighted by Gasteiger charge is 2.31. The zero-order valence-electron chi connectivity index (χ0n) is 10.7. The topological polar surface area (TPSA) is 68.0 Å². The summed E-state index contributed by atoms with van der Waals surface area (Å²) in [6, 6.07) is 0. The van der Waals surface area contributed by atoms with Crippen LogP contribution in [0.15, 0.2) is 11.6 Å². The highest BCUT2D eigenvalue weighted by molar-refractivity contribution is 7.09. The van der Waals surface area contributed by atoms with Gasteiger partial charge in [-0.3, -0.25) is 4.79 Å². The first-order chi connectivity index (χ1) is 8.31. The van der Waals surface area contributed by atoms with E-state index in [9.17, 15) is 4.79 Å². The first kappa shape index (κ1) is 18.6. The van der Waals surface area contributed by atoms with Gasteiger partial charge in [-0.05, 0) is 25.3 Å². The molecule has 1 amide bonds. The fraction of sp³-hybridized carbons (Fsp3) is 0.667. The molecule has 7 heteroatoms. The predicted octanol–water partition coefficient (Wildman–Crippen LogP) is 2.02. The van der Waals surface area contributed by atoms with Gasteiger partial charge in [-0.2, -0.15) is 0 Å². The van der Waals surface area contributed by atoms with Gasteiger partial charge in [-0.15, -0.1) is 36.2 Å². The predicted molar refractivity (Wildman–Crippen MR) is 83.2 cm³/mol. The van der Waals surface area contributed by atoms with Gasteiger partial charge < -0.3 is 11.1 Å². The van der Waals surface area contributed by atoms with Crippen molar-refractivity contribution in [3.63, 3.8) is 0 Å². The van der Waals surface area contributed by atoms with Gasteiger partial charge in [0, 0.05) is 30.5 Å². The highest BCUT2D eigenvalue weighted by Crippen LogP contribution is 2.30. The van der Waals surface area contributed by atoms with E-state index in [1.807, 2.05) is 5.38 Å². The number of hydrogen-bond acceptors (Lipinski definition) is 4. The molecule has 0 aromatic carbocycles. The van der Waals surface area contributed by atoms with Crippen LogP contribution < -0.4 is 11.1 Å². The van der Waals surface area contributed by atoms with E-state index in [1.165, 1.54) is 0 Å². The molecular formula is C12H21Cl2N3OS. The van der Waals surface area contributed by atoms with Crippen molar-refractivity contribution < 1.29 is 4.79 Å². The molecule has 1 heterocycles. The second-order valence-electron chi connectivity index (χ2n) is 4.50.